The van der Waals surface area contributed by atoms with E-state index < -0.39 is 5.79 Å². The Morgan fingerprint density at radius 3 is 2.79 bits per heavy atom. The average Bonchev–Trinajstić information content (AvgIpc) is 3.63. The van der Waals surface area contributed by atoms with Crippen molar-refractivity contribution in [2.45, 2.75) is 44.6 Å². The summed E-state index contributed by atoms with van der Waals surface area (Å²) in [7, 11) is 1.59. The minimum Gasteiger partial charge on any atom is -0.493 e. The average molecular weight is 551 g/mol. The van der Waals surface area contributed by atoms with E-state index in [1.807, 2.05) is 24.8 Å². The van der Waals surface area contributed by atoms with E-state index in [0.29, 0.717) is 47.9 Å². The zero-order valence-corrected chi connectivity index (χ0v) is 23.8. The fourth-order valence-electron chi connectivity index (χ4n) is 5.89. The van der Waals surface area contributed by atoms with Crippen LogP contribution in [-0.4, -0.2) is 84.7 Å². The number of nitrogens with zero attached hydrogens (tertiary/aromatic N) is 3. The smallest absolute Gasteiger partial charge is 0.254 e. The zero-order valence-electron chi connectivity index (χ0n) is 23.0. The number of rotatable bonds is 9. The van der Waals surface area contributed by atoms with Crippen LogP contribution in [0.15, 0.2) is 47.5 Å². The first-order valence-corrected chi connectivity index (χ1v) is 15.0. The lowest BCUT2D eigenvalue weighted by Gasteiger charge is -2.36. The molecule has 4 aliphatic rings. The molecule has 39 heavy (non-hydrogen) atoms. The first-order chi connectivity index (χ1) is 18.9. The Labute approximate surface area is 235 Å². The molecule has 0 bridgehead atoms. The summed E-state index contributed by atoms with van der Waals surface area (Å²) in [4.78, 5) is 23.8. The minimum absolute atomic E-state index is 0.0342. The Morgan fingerprint density at radius 1 is 1.23 bits per heavy atom. The molecule has 0 spiro atoms. The maximum absolute atomic E-state index is 14.2. The van der Waals surface area contributed by atoms with Gasteiger partial charge < -0.3 is 24.4 Å². The van der Waals surface area contributed by atoms with Gasteiger partial charge in [0.25, 0.3) is 5.91 Å². The number of nitrogens with one attached hydrogen (secondary N) is 1. The summed E-state index contributed by atoms with van der Waals surface area (Å²) in [6.07, 6.45) is 2.28. The van der Waals surface area contributed by atoms with E-state index in [2.05, 4.69) is 34.5 Å². The highest BCUT2D eigenvalue weighted by atomic mass is 32.2. The molecule has 4 heterocycles. The second kappa shape index (κ2) is 11.0. The van der Waals surface area contributed by atoms with Gasteiger partial charge >= 0.3 is 0 Å². The summed E-state index contributed by atoms with van der Waals surface area (Å²) in [5.41, 5.74) is 1.76. The Hall–Kier alpha value is -2.75. The van der Waals surface area contributed by atoms with Gasteiger partial charge in [-0.25, -0.2) is 0 Å². The molecule has 2 aromatic carbocycles. The maximum Gasteiger partial charge on any atom is 0.254 e. The number of amides is 1. The number of hydrogen-bond acceptors (Lipinski definition) is 8. The van der Waals surface area contributed by atoms with Gasteiger partial charge in [0.15, 0.2) is 11.5 Å². The van der Waals surface area contributed by atoms with E-state index >= 15 is 0 Å². The maximum atomic E-state index is 14.2. The fourth-order valence-corrected chi connectivity index (χ4v) is 6.95. The normalized spacial score (nSPS) is 23.9. The molecular formula is C30H38N4O4S. The molecule has 208 valence electrons. The van der Waals surface area contributed by atoms with Crippen molar-refractivity contribution in [1.29, 1.82) is 0 Å². The molecule has 2 fully saturated rings. The number of likely N-dealkylation sites (tertiary alicyclic amines) is 1. The van der Waals surface area contributed by atoms with Gasteiger partial charge in [0.1, 0.15) is 0 Å². The number of hydrogen-bond donors (Lipinski definition) is 1. The second-order valence-corrected chi connectivity index (χ2v) is 12.5. The van der Waals surface area contributed by atoms with Crippen molar-refractivity contribution in [3.05, 3.63) is 53.6 Å². The predicted molar refractivity (Wildman–Crippen MR) is 154 cm³/mol. The van der Waals surface area contributed by atoms with Crippen molar-refractivity contribution in [1.82, 2.24) is 15.1 Å². The molecule has 2 saturated heterocycles. The Bertz CT molecular complexity index is 1230. The number of fused-ring (bicyclic) bond motifs is 1. The summed E-state index contributed by atoms with van der Waals surface area (Å²) in [6.45, 7) is 9.26. The van der Waals surface area contributed by atoms with Crippen LogP contribution in [0.5, 0.6) is 17.2 Å². The van der Waals surface area contributed by atoms with E-state index in [0.717, 1.165) is 43.4 Å². The molecule has 0 radical (unpaired) electrons. The standard InChI is InChI=1S/C30H38N4O4S/c1-30(2)37-26-13-22(12-25(36-3)28(26)38-30)29(35)34(17-23-10-7-11-33(23)16-20-14-31-15-20)18-27-32-24(19-39-27)21-8-5-4-6-9-21/h4-6,8-9,12-13,20,23-24,31H,7,10-11,14-19H2,1-3H3. The number of ether oxygens (including phenoxy) is 3. The van der Waals surface area contributed by atoms with Crippen molar-refractivity contribution in [2.24, 2.45) is 10.9 Å². The molecule has 0 aromatic heterocycles. The summed E-state index contributed by atoms with van der Waals surface area (Å²) in [5, 5.41) is 4.40. The summed E-state index contributed by atoms with van der Waals surface area (Å²) in [5.74, 6) is 2.36. The highest BCUT2D eigenvalue weighted by molar-refractivity contribution is 8.14. The van der Waals surface area contributed by atoms with Crippen molar-refractivity contribution in [3.63, 3.8) is 0 Å². The molecule has 2 unspecified atom stereocenters. The molecule has 9 heteroatoms. The van der Waals surface area contributed by atoms with Gasteiger partial charge in [0.05, 0.1) is 24.7 Å². The van der Waals surface area contributed by atoms with Crippen LogP contribution in [0.2, 0.25) is 0 Å². The highest BCUT2D eigenvalue weighted by Crippen LogP contribution is 2.47. The van der Waals surface area contributed by atoms with Gasteiger partial charge in [-0.1, -0.05) is 30.3 Å². The summed E-state index contributed by atoms with van der Waals surface area (Å²) >= 11 is 1.76. The number of methoxy groups -OCH3 is 1. The predicted octanol–water partition coefficient (Wildman–Crippen LogP) is 4.22. The van der Waals surface area contributed by atoms with E-state index in [1.165, 1.54) is 12.0 Å². The van der Waals surface area contributed by atoms with Crippen molar-refractivity contribution < 1.29 is 19.0 Å². The highest BCUT2D eigenvalue weighted by Gasteiger charge is 2.37. The fraction of sp³-hybridized carbons (Fsp3) is 0.533. The number of benzene rings is 2. The zero-order chi connectivity index (χ0) is 27.0. The second-order valence-electron chi connectivity index (χ2n) is 11.4. The van der Waals surface area contributed by atoms with Crippen LogP contribution in [0, 0.1) is 5.92 Å². The van der Waals surface area contributed by atoms with E-state index in [4.69, 9.17) is 19.2 Å². The van der Waals surface area contributed by atoms with Gasteiger partial charge in [-0.2, -0.15) is 0 Å². The Balaban J connectivity index is 1.26. The van der Waals surface area contributed by atoms with E-state index in [9.17, 15) is 4.79 Å². The topological polar surface area (TPSA) is 75.6 Å². The van der Waals surface area contributed by atoms with Crippen LogP contribution >= 0.6 is 11.8 Å². The third kappa shape index (κ3) is 5.76. The number of thioether (sulfide) groups is 1. The summed E-state index contributed by atoms with van der Waals surface area (Å²) in [6, 6.07) is 14.5. The molecule has 8 nitrogen and oxygen atoms in total. The van der Waals surface area contributed by atoms with Crippen LogP contribution in [0.3, 0.4) is 0 Å². The van der Waals surface area contributed by atoms with Gasteiger partial charge in [0, 0.05) is 57.4 Å². The number of carbonyl (C=O) groups excluding carboxylic acids is 1. The van der Waals surface area contributed by atoms with Crippen molar-refractivity contribution >= 4 is 22.7 Å². The number of carbonyl (C=O) groups is 1. The first-order valence-electron chi connectivity index (χ1n) is 14.0. The lowest BCUT2D eigenvalue weighted by Crippen LogP contribution is -2.51. The number of aliphatic imine (C=N–C) groups is 1. The lowest BCUT2D eigenvalue weighted by molar-refractivity contribution is -0.0439. The van der Waals surface area contributed by atoms with Crippen LogP contribution in [-0.2, 0) is 0 Å². The van der Waals surface area contributed by atoms with Gasteiger partial charge in [-0.3, -0.25) is 14.7 Å². The Morgan fingerprint density at radius 2 is 2.05 bits per heavy atom. The summed E-state index contributed by atoms with van der Waals surface area (Å²) < 4.78 is 17.6. The molecule has 1 amide bonds. The van der Waals surface area contributed by atoms with Crippen LogP contribution in [0.1, 0.15) is 48.7 Å². The van der Waals surface area contributed by atoms with Crippen LogP contribution in [0.25, 0.3) is 0 Å². The largest absolute Gasteiger partial charge is 0.493 e. The molecule has 2 aromatic rings. The first kappa shape index (κ1) is 26.5. The monoisotopic (exact) mass is 550 g/mol. The molecule has 0 saturated carbocycles. The quantitative estimate of drug-likeness (QED) is 0.501. The van der Waals surface area contributed by atoms with Gasteiger partial charge in [-0.05, 0) is 43.0 Å². The van der Waals surface area contributed by atoms with Crippen molar-refractivity contribution in [3.8, 4) is 17.2 Å². The molecular weight excluding hydrogens is 512 g/mol. The third-order valence-corrected chi connectivity index (χ3v) is 9.04. The molecule has 2 atom stereocenters. The van der Waals surface area contributed by atoms with E-state index in [-0.39, 0.29) is 11.9 Å². The van der Waals surface area contributed by atoms with Gasteiger partial charge in [-0.15, -0.1) is 11.8 Å². The molecule has 1 N–H and O–H groups in total. The molecule has 4 aliphatic heterocycles. The van der Waals surface area contributed by atoms with E-state index in [1.54, 1.807) is 31.0 Å². The Kier molecular flexibility index (Phi) is 7.48. The van der Waals surface area contributed by atoms with Crippen LogP contribution in [0.4, 0.5) is 0 Å². The molecule has 0 aliphatic carbocycles. The SMILES string of the molecule is COc1cc(C(=O)N(CC2=NC(c3ccccc3)CS2)CC2CCCN2CC2CNC2)cc2c1OC(C)(C)O2. The van der Waals surface area contributed by atoms with Crippen molar-refractivity contribution in [2.75, 3.05) is 52.1 Å². The van der Waals surface area contributed by atoms with Gasteiger partial charge in [0.2, 0.25) is 11.5 Å². The minimum atomic E-state index is -0.806. The van der Waals surface area contributed by atoms with Crippen LogP contribution < -0.4 is 19.5 Å². The third-order valence-electron chi connectivity index (χ3n) is 7.99. The molecule has 6 rings (SSSR count). The lowest BCUT2D eigenvalue weighted by atomic mass is 10.0.